The SMILES string of the molecule is O=C(CNS(=O)(=O)c1ccccc1Cl)Nc1ccc(F)c(F)c1F. The summed E-state index contributed by atoms with van der Waals surface area (Å²) in [6.07, 6.45) is 0. The van der Waals surface area contributed by atoms with Gasteiger partial charge in [0.05, 0.1) is 17.3 Å². The molecule has 0 bridgehead atoms. The van der Waals surface area contributed by atoms with Crippen molar-refractivity contribution < 1.29 is 26.4 Å². The van der Waals surface area contributed by atoms with E-state index in [9.17, 15) is 26.4 Å². The Hall–Kier alpha value is -2.10. The van der Waals surface area contributed by atoms with Crippen LogP contribution in [0.3, 0.4) is 0 Å². The zero-order valence-electron chi connectivity index (χ0n) is 11.8. The van der Waals surface area contributed by atoms with E-state index in [1.54, 1.807) is 0 Å². The van der Waals surface area contributed by atoms with Crippen molar-refractivity contribution >= 4 is 33.2 Å². The molecule has 2 N–H and O–H groups in total. The molecule has 24 heavy (non-hydrogen) atoms. The molecule has 0 radical (unpaired) electrons. The Bertz CT molecular complexity index is 891. The Morgan fingerprint density at radius 2 is 1.71 bits per heavy atom. The Morgan fingerprint density at radius 3 is 2.38 bits per heavy atom. The molecule has 0 saturated carbocycles. The molecule has 2 rings (SSSR count). The van der Waals surface area contributed by atoms with Crippen molar-refractivity contribution in [1.29, 1.82) is 0 Å². The number of carbonyl (C=O) groups is 1. The topological polar surface area (TPSA) is 75.3 Å². The summed E-state index contributed by atoms with van der Waals surface area (Å²) in [5, 5.41) is 1.89. The first-order valence-corrected chi connectivity index (χ1v) is 8.26. The number of nitrogens with one attached hydrogen (secondary N) is 2. The molecule has 0 heterocycles. The normalized spacial score (nSPS) is 11.3. The number of rotatable bonds is 5. The highest BCUT2D eigenvalue weighted by atomic mass is 35.5. The minimum Gasteiger partial charge on any atom is -0.322 e. The molecule has 0 saturated heterocycles. The molecule has 0 aliphatic carbocycles. The third-order valence-electron chi connectivity index (χ3n) is 2.86. The molecule has 1 amide bonds. The first-order chi connectivity index (χ1) is 11.2. The number of amides is 1. The molecule has 0 atom stereocenters. The maximum atomic E-state index is 13.4. The van der Waals surface area contributed by atoms with Gasteiger partial charge in [-0.15, -0.1) is 0 Å². The lowest BCUT2D eigenvalue weighted by Crippen LogP contribution is -2.33. The summed E-state index contributed by atoms with van der Waals surface area (Å²) >= 11 is 5.76. The van der Waals surface area contributed by atoms with Gasteiger partial charge in [-0.2, -0.15) is 0 Å². The zero-order valence-corrected chi connectivity index (χ0v) is 13.4. The van der Waals surface area contributed by atoms with Crippen LogP contribution < -0.4 is 10.0 Å². The van der Waals surface area contributed by atoms with E-state index in [2.05, 4.69) is 0 Å². The molecule has 2 aromatic carbocycles. The van der Waals surface area contributed by atoms with Gasteiger partial charge in [0.25, 0.3) is 0 Å². The minimum atomic E-state index is -4.07. The molecule has 5 nitrogen and oxygen atoms in total. The summed E-state index contributed by atoms with van der Waals surface area (Å²) in [5.41, 5.74) is -0.615. The number of anilines is 1. The Labute approximate surface area is 140 Å². The Kier molecular flexibility index (Phi) is 5.47. The smallest absolute Gasteiger partial charge is 0.242 e. The van der Waals surface area contributed by atoms with Crippen molar-refractivity contribution in [3.05, 3.63) is 58.9 Å². The van der Waals surface area contributed by atoms with E-state index >= 15 is 0 Å². The molecular formula is C14H10ClF3N2O3S. The highest BCUT2D eigenvalue weighted by Crippen LogP contribution is 2.21. The van der Waals surface area contributed by atoms with Crippen molar-refractivity contribution in [2.75, 3.05) is 11.9 Å². The highest BCUT2D eigenvalue weighted by Gasteiger charge is 2.20. The fourth-order valence-corrected chi connectivity index (χ4v) is 3.22. The van der Waals surface area contributed by atoms with Crippen molar-refractivity contribution in [3.8, 4) is 0 Å². The summed E-state index contributed by atoms with van der Waals surface area (Å²) < 4.78 is 65.3. The summed E-state index contributed by atoms with van der Waals surface area (Å²) in [6, 6.07) is 7.00. The van der Waals surface area contributed by atoms with Crippen molar-refractivity contribution in [1.82, 2.24) is 4.72 Å². The lowest BCUT2D eigenvalue weighted by Gasteiger charge is -2.10. The average molecular weight is 379 g/mol. The van der Waals surface area contributed by atoms with E-state index in [1.165, 1.54) is 24.3 Å². The second-order valence-electron chi connectivity index (χ2n) is 4.53. The number of hydrogen-bond acceptors (Lipinski definition) is 3. The molecular weight excluding hydrogens is 369 g/mol. The molecule has 0 fully saturated rings. The fourth-order valence-electron chi connectivity index (χ4n) is 1.72. The maximum absolute atomic E-state index is 13.4. The van der Waals surface area contributed by atoms with Gasteiger partial charge in [-0.1, -0.05) is 23.7 Å². The van der Waals surface area contributed by atoms with Crippen LogP contribution in [0.25, 0.3) is 0 Å². The fraction of sp³-hybridized carbons (Fsp3) is 0.0714. The van der Waals surface area contributed by atoms with Gasteiger partial charge in [-0.05, 0) is 24.3 Å². The number of halogens is 4. The van der Waals surface area contributed by atoms with Crippen LogP contribution in [0.15, 0.2) is 41.3 Å². The van der Waals surface area contributed by atoms with Crippen LogP contribution in [0.5, 0.6) is 0 Å². The second-order valence-corrected chi connectivity index (χ2v) is 6.67. The minimum absolute atomic E-state index is 0.0444. The van der Waals surface area contributed by atoms with E-state index < -0.39 is 45.6 Å². The van der Waals surface area contributed by atoms with Crippen LogP contribution in [0.2, 0.25) is 5.02 Å². The summed E-state index contributed by atoms with van der Waals surface area (Å²) in [5.74, 6) is -5.72. The summed E-state index contributed by atoms with van der Waals surface area (Å²) in [7, 11) is -4.07. The van der Waals surface area contributed by atoms with Crippen LogP contribution >= 0.6 is 11.6 Å². The largest absolute Gasteiger partial charge is 0.322 e. The number of carbonyl (C=O) groups excluding carboxylic acids is 1. The van der Waals surface area contributed by atoms with Gasteiger partial charge in [0.1, 0.15) is 4.90 Å². The standard InChI is InChI=1S/C14H10ClF3N2O3S/c15-8-3-1-2-4-11(8)24(22,23)19-7-12(21)20-10-6-5-9(16)13(17)14(10)18/h1-6,19H,7H2,(H,20,21). The third kappa shape index (κ3) is 4.05. The van der Waals surface area contributed by atoms with Crippen molar-refractivity contribution in [2.45, 2.75) is 4.90 Å². The predicted molar refractivity (Wildman–Crippen MR) is 81.6 cm³/mol. The maximum Gasteiger partial charge on any atom is 0.242 e. The Morgan fingerprint density at radius 1 is 1.04 bits per heavy atom. The van der Waals surface area contributed by atoms with Crippen LogP contribution in [-0.4, -0.2) is 20.9 Å². The van der Waals surface area contributed by atoms with Gasteiger partial charge in [-0.3, -0.25) is 4.79 Å². The molecule has 2 aromatic rings. The molecule has 10 heteroatoms. The molecule has 128 valence electrons. The molecule has 0 aliphatic rings. The van der Waals surface area contributed by atoms with E-state index in [0.29, 0.717) is 6.07 Å². The number of hydrogen-bond donors (Lipinski definition) is 2. The first-order valence-electron chi connectivity index (χ1n) is 6.40. The first kappa shape index (κ1) is 18.2. The van der Waals surface area contributed by atoms with Crippen molar-refractivity contribution in [3.63, 3.8) is 0 Å². The number of sulfonamides is 1. The van der Waals surface area contributed by atoms with Gasteiger partial charge < -0.3 is 5.32 Å². The average Bonchev–Trinajstić information content (AvgIpc) is 2.54. The second kappa shape index (κ2) is 7.20. The summed E-state index contributed by atoms with van der Waals surface area (Å²) in [6.45, 7) is -0.758. The van der Waals surface area contributed by atoms with Gasteiger partial charge in [0, 0.05) is 0 Å². The van der Waals surface area contributed by atoms with E-state index in [1.807, 2.05) is 10.0 Å². The highest BCUT2D eigenvalue weighted by molar-refractivity contribution is 7.89. The van der Waals surface area contributed by atoms with Gasteiger partial charge in [0.2, 0.25) is 15.9 Å². The quantitative estimate of drug-likeness (QED) is 0.785. The van der Waals surface area contributed by atoms with E-state index in [-0.39, 0.29) is 9.92 Å². The molecule has 0 aromatic heterocycles. The van der Waals surface area contributed by atoms with Gasteiger partial charge in [0.15, 0.2) is 17.5 Å². The van der Waals surface area contributed by atoms with Crippen LogP contribution in [0.1, 0.15) is 0 Å². The monoisotopic (exact) mass is 378 g/mol. The molecule has 0 aliphatic heterocycles. The third-order valence-corrected chi connectivity index (χ3v) is 4.76. The predicted octanol–water partition coefficient (Wildman–Crippen LogP) is 2.67. The van der Waals surface area contributed by atoms with Crippen LogP contribution in [-0.2, 0) is 14.8 Å². The summed E-state index contributed by atoms with van der Waals surface area (Å²) in [4.78, 5) is 11.4. The van der Waals surface area contributed by atoms with Crippen molar-refractivity contribution in [2.24, 2.45) is 0 Å². The number of benzene rings is 2. The van der Waals surface area contributed by atoms with E-state index in [0.717, 1.165) is 6.07 Å². The lowest BCUT2D eigenvalue weighted by molar-refractivity contribution is -0.115. The van der Waals surface area contributed by atoms with Crippen LogP contribution in [0, 0.1) is 17.5 Å². The molecule has 0 spiro atoms. The molecule has 0 unspecified atom stereocenters. The van der Waals surface area contributed by atoms with Crippen LogP contribution in [0.4, 0.5) is 18.9 Å². The van der Waals surface area contributed by atoms with E-state index in [4.69, 9.17) is 11.6 Å². The van der Waals surface area contributed by atoms with Gasteiger partial charge >= 0.3 is 0 Å². The Balaban J connectivity index is 2.06. The lowest BCUT2D eigenvalue weighted by atomic mass is 10.3. The van der Waals surface area contributed by atoms with Gasteiger partial charge in [-0.25, -0.2) is 26.3 Å². The zero-order chi connectivity index (χ0) is 17.9.